The van der Waals surface area contributed by atoms with E-state index in [1.165, 1.54) is 11.8 Å². The van der Waals surface area contributed by atoms with E-state index in [4.69, 9.17) is 0 Å². The molecule has 1 atom stereocenters. The summed E-state index contributed by atoms with van der Waals surface area (Å²) in [5.41, 5.74) is 8.62. The van der Waals surface area contributed by atoms with Crippen molar-refractivity contribution in [3.8, 4) is 0 Å². The monoisotopic (exact) mass is 402 g/mol. The summed E-state index contributed by atoms with van der Waals surface area (Å²) in [4.78, 5) is 41.5. The molecule has 2 aromatic carbocycles. The molecular formula is C23H22N4O3. The Kier molecular flexibility index (Phi) is 5.34. The topological polar surface area (TPSA) is 94.3 Å². The molecule has 0 saturated heterocycles. The third kappa shape index (κ3) is 3.96. The Labute approximate surface area is 173 Å². The van der Waals surface area contributed by atoms with Crippen molar-refractivity contribution in [2.24, 2.45) is 0 Å². The first kappa shape index (κ1) is 19.4. The molecule has 3 N–H and O–H groups in total. The summed E-state index contributed by atoms with van der Waals surface area (Å²) < 4.78 is 0. The van der Waals surface area contributed by atoms with Gasteiger partial charge in [-0.2, -0.15) is 0 Å². The number of aromatic amines is 1. The van der Waals surface area contributed by atoms with Gasteiger partial charge < -0.3 is 9.88 Å². The highest BCUT2D eigenvalue weighted by Crippen LogP contribution is 2.32. The third-order valence-corrected chi connectivity index (χ3v) is 5.22. The van der Waals surface area contributed by atoms with Crippen LogP contribution in [0.25, 0.3) is 17.0 Å². The molecular weight excluding hydrogens is 380 g/mol. The molecule has 1 unspecified atom stereocenters. The van der Waals surface area contributed by atoms with Crippen molar-refractivity contribution in [2.45, 2.75) is 25.8 Å². The van der Waals surface area contributed by atoms with Gasteiger partial charge in [-0.3, -0.25) is 25.2 Å². The molecule has 0 aliphatic carbocycles. The Morgan fingerprint density at radius 1 is 1.00 bits per heavy atom. The van der Waals surface area contributed by atoms with E-state index in [-0.39, 0.29) is 30.6 Å². The summed E-state index contributed by atoms with van der Waals surface area (Å²) in [5.74, 6) is -0.842. The van der Waals surface area contributed by atoms with Gasteiger partial charge >= 0.3 is 0 Å². The molecule has 30 heavy (non-hydrogen) atoms. The molecule has 3 amide bonds. The number of aromatic nitrogens is 1. The van der Waals surface area contributed by atoms with Gasteiger partial charge in [-0.1, -0.05) is 42.5 Å². The lowest BCUT2D eigenvalue weighted by Gasteiger charge is -2.32. The molecule has 0 fully saturated rings. The van der Waals surface area contributed by atoms with Crippen LogP contribution in [0.1, 0.15) is 36.1 Å². The second-order valence-corrected chi connectivity index (χ2v) is 7.22. The lowest BCUT2D eigenvalue weighted by Crippen LogP contribution is -2.44. The average Bonchev–Trinajstić information content (AvgIpc) is 3.15. The summed E-state index contributed by atoms with van der Waals surface area (Å²) in [6.45, 7) is 1.46. The number of H-pyrrole nitrogens is 1. The van der Waals surface area contributed by atoms with Gasteiger partial charge in [0.2, 0.25) is 17.7 Å². The number of hydrogen-bond acceptors (Lipinski definition) is 3. The Balaban J connectivity index is 1.38. The minimum absolute atomic E-state index is 0.0360. The molecule has 1 aromatic heterocycles. The van der Waals surface area contributed by atoms with Crippen molar-refractivity contribution in [3.05, 3.63) is 77.6 Å². The fourth-order valence-electron chi connectivity index (χ4n) is 3.77. The molecule has 4 rings (SSSR count). The molecule has 0 bridgehead atoms. The maximum absolute atomic E-state index is 12.5. The van der Waals surface area contributed by atoms with Gasteiger partial charge in [-0.25, -0.2) is 0 Å². The number of fused-ring (bicyclic) bond motifs is 2. The summed E-state index contributed by atoms with van der Waals surface area (Å²) >= 11 is 0. The molecule has 0 spiro atoms. The zero-order valence-corrected chi connectivity index (χ0v) is 16.5. The molecule has 0 saturated carbocycles. The summed E-state index contributed by atoms with van der Waals surface area (Å²) in [6, 6.07) is 14.9. The fourth-order valence-corrected chi connectivity index (χ4v) is 3.77. The van der Waals surface area contributed by atoms with E-state index >= 15 is 0 Å². The van der Waals surface area contributed by atoms with Crippen LogP contribution in [-0.4, -0.2) is 27.6 Å². The molecule has 7 heteroatoms. The van der Waals surface area contributed by atoms with Crippen LogP contribution in [0.4, 0.5) is 0 Å². The number of carbonyl (C=O) groups excluding carboxylic acids is 3. The number of amides is 3. The van der Waals surface area contributed by atoms with E-state index in [1.54, 1.807) is 12.4 Å². The van der Waals surface area contributed by atoms with Crippen LogP contribution in [0.2, 0.25) is 0 Å². The van der Waals surface area contributed by atoms with Gasteiger partial charge in [0.05, 0.1) is 18.9 Å². The van der Waals surface area contributed by atoms with E-state index in [0.717, 1.165) is 27.6 Å². The van der Waals surface area contributed by atoms with Gasteiger partial charge in [0.25, 0.3) is 0 Å². The zero-order valence-electron chi connectivity index (χ0n) is 16.5. The van der Waals surface area contributed by atoms with Gasteiger partial charge in [0, 0.05) is 30.2 Å². The molecule has 7 nitrogen and oxygen atoms in total. The van der Waals surface area contributed by atoms with Crippen molar-refractivity contribution in [2.75, 3.05) is 0 Å². The highest BCUT2D eigenvalue weighted by molar-refractivity contribution is 5.90. The molecule has 152 valence electrons. The largest absolute Gasteiger partial charge is 0.361 e. The number of hydrazine groups is 1. The quantitative estimate of drug-likeness (QED) is 0.586. The first-order chi connectivity index (χ1) is 14.5. The molecule has 3 aromatic rings. The Morgan fingerprint density at radius 2 is 1.73 bits per heavy atom. The molecule has 1 aliphatic heterocycles. The second-order valence-electron chi connectivity index (χ2n) is 7.22. The van der Waals surface area contributed by atoms with Crippen molar-refractivity contribution in [3.63, 3.8) is 0 Å². The Morgan fingerprint density at radius 3 is 2.57 bits per heavy atom. The number of rotatable bonds is 4. The van der Waals surface area contributed by atoms with E-state index < -0.39 is 6.04 Å². The SMILES string of the molecule is CC(=O)N1C=Cc2ccccc2C1CC(=O)NNC(=O)Cc1c[nH]c2ccccc12. The lowest BCUT2D eigenvalue weighted by atomic mass is 9.93. The standard InChI is InChI=1S/C23H22N4O3/c1-15(28)27-11-10-16-6-2-3-8-19(16)21(27)13-23(30)26-25-22(29)12-17-14-24-20-9-5-4-7-18(17)20/h2-11,14,21,24H,12-13H2,1H3,(H,25,29)(H,26,30). The van der Waals surface area contributed by atoms with Gasteiger partial charge in [0.1, 0.15) is 0 Å². The average molecular weight is 402 g/mol. The second kappa shape index (κ2) is 8.24. The Hall–Kier alpha value is -3.87. The number of carbonyl (C=O) groups is 3. The van der Waals surface area contributed by atoms with Crippen LogP contribution in [0.3, 0.4) is 0 Å². The van der Waals surface area contributed by atoms with Crippen LogP contribution in [0.15, 0.2) is 60.9 Å². The number of para-hydroxylation sites is 1. The number of benzene rings is 2. The maximum Gasteiger partial charge on any atom is 0.242 e. The predicted molar refractivity (Wildman–Crippen MR) is 114 cm³/mol. The minimum atomic E-state index is -0.422. The predicted octanol–water partition coefficient (Wildman–Crippen LogP) is 2.82. The first-order valence-corrected chi connectivity index (χ1v) is 9.71. The van der Waals surface area contributed by atoms with Crippen molar-refractivity contribution in [1.29, 1.82) is 0 Å². The minimum Gasteiger partial charge on any atom is -0.361 e. The zero-order chi connectivity index (χ0) is 21.1. The smallest absolute Gasteiger partial charge is 0.242 e. The third-order valence-electron chi connectivity index (χ3n) is 5.22. The van der Waals surface area contributed by atoms with Crippen LogP contribution in [-0.2, 0) is 20.8 Å². The normalized spacial score (nSPS) is 15.0. The highest BCUT2D eigenvalue weighted by Gasteiger charge is 2.28. The van der Waals surface area contributed by atoms with Gasteiger partial charge in [-0.05, 0) is 28.8 Å². The van der Waals surface area contributed by atoms with Crippen LogP contribution < -0.4 is 10.9 Å². The lowest BCUT2D eigenvalue weighted by molar-refractivity contribution is -0.132. The van der Waals surface area contributed by atoms with E-state index in [2.05, 4.69) is 15.8 Å². The van der Waals surface area contributed by atoms with Crippen LogP contribution >= 0.6 is 0 Å². The van der Waals surface area contributed by atoms with Crippen LogP contribution in [0.5, 0.6) is 0 Å². The Bertz CT molecular complexity index is 1150. The number of nitrogens with zero attached hydrogens (tertiary/aromatic N) is 1. The number of nitrogens with one attached hydrogen (secondary N) is 3. The van der Waals surface area contributed by atoms with Gasteiger partial charge in [0.15, 0.2) is 0 Å². The van der Waals surface area contributed by atoms with Crippen molar-refractivity contribution in [1.82, 2.24) is 20.7 Å². The number of hydrogen-bond donors (Lipinski definition) is 3. The van der Waals surface area contributed by atoms with Gasteiger partial charge in [-0.15, -0.1) is 0 Å². The fraction of sp³-hybridized carbons (Fsp3) is 0.174. The molecule has 2 heterocycles. The summed E-state index contributed by atoms with van der Waals surface area (Å²) in [7, 11) is 0. The summed E-state index contributed by atoms with van der Waals surface area (Å²) in [5, 5.41) is 0.974. The van der Waals surface area contributed by atoms with Crippen molar-refractivity contribution < 1.29 is 14.4 Å². The van der Waals surface area contributed by atoms with E-state index in [9.17, 15) is 14.4 Å². The van der Waals surface area contributed by atoms with E-state index in [0.29, 0.717) is 0 Å². The molecule has 1 aliphatic rings. The van der Waals surface area contributed by atoms with E-state index in [1.807, 2.05) is 54.6 Å². The first-order valence-electron chi connectivity index (χ1n) is 9.71. The highest BCUT2D eigenvalue weighted by atomic mass is 16.2. The molecule has 0 radical (unpaired) electrons. The van der Waals surface area contributed by atoms with Crippen LogP contribution in [0, 0.1) is 0 Å². The van der Waals surface area contributed by atoms with Crippen molar-refractivity contribution >= 4 is 34.7 Å². The summed E-state index contributed by atoms with van der Waals surface area (Å²) in [6.07, 6.45) is 5.52. The maximum atomic E-state index is 12.5.